The molecule has 0 saturated carbocycles. The minimum absolute atomic E-state index is 0.0736. The molecule has 0 aromatic carbocycles. The first-order valence-corrected chi connectivity index (χ1v) is 9.71. The summed E-state index contributed by atoms with van der Waals surface area (Å²) in [6.45, 7) is 1.41. The number of aliphatic hydroxyl groups excluding tert-OH is 2. The molecule has 0 amide bonds. The molecule has 0 bridgehead atoms. The molecular weight excluding hydrogens is 319 g/mol. The number of aromatic nitrogens is 3. The molecule has 1 aliphatic rings. The van der Waals surface area contributed by atoms with Crippen molar-refractivity contribution in [1.29, 1.82) is 0 Å². The lowest BCUT2D eigenvalue weighted by atomic mass is 10.1. The molecule has 1 unspecified atom stereocenters. The van der Waals surface area contributed by atoms with Crippen molar-refractivity contribution in [2.24, 2.45) is 5.73 Å². The van der Waals surface area contributed by atoms with Gasteiger partial charge in [-0.3, -0.25) is 4.57 Å². The summed E-state index contributed by atoms with van der Waals surface area (Å²) in [5, 5.41) is 23.9. The van der Waals surface area contributed by atoms with Gasteiger partial charge in [-0.15, -0.1) is 5.10 Å². The predicted octanol–water partition coefficient (Wildman–Crippen LogP) is -0.625. The topological polar surface area (TPSA) is 144 Å². The maximum absolute atomic E-state index is 11.3. The number of rotatable bonds is 5. The molecule has 0 aliphatic carbocycles. The fourth-order valence-electron chi connectivity index (χ4n) is 1.84. The Morgan fingerprint density at radius 2 is 2.29 bits per heavy atom. The zero-order valence-corrected chi connectivity index (χ0v) is 12.9. The molecule has 21 heavy (non-hydrogen) atoms. The smallest absolute Gasteiger partial charge is 0.252 e. The zero-order valence-electron chi connectivity index (χ0n) is 11.2. The quantitative estimate of drug-likeness (QED) is 0.517. The van der Waals surface area contributed by atoms with Crippen LogP contribution in [0.15, 0.2) is 12.9 Å². The van der Waals surface area contributed by atoms with Crippen LogP contribution in [-0.4, -0.2) is 60.6 Å². The van der Waals surface area contributed by atoms with E-state index in [1.54, 1.807) is 0 Å². The minimum Gasteiger partial charge on any atom is -0.396 e. The van der Waals surface area contributed by atoms with Crippen molar-refractivity contribution in [3.05, 3.63) is 18.7 Å². The molecule has 118 valence electrons. The monoisotopic (exact) mass is 336 g/mol. The maximum Gasteiger partial charge on any atom is 0.252 e. The van der Waals surface area contributed by atoms with Crippen molar-refractivity contribution in [3.8, 4) is 0 Å². The normalized spacial score (nSPS) is 32.0. The first-order chi connectivity index (χ1) is 9.69. The molecule has 1 aliphatic heterocycles. The van der Waals surface area contributed by atoms with Crippen molar-refractivity contribution >= 4 is 23.6 Å². The lowest BCUT2D eigenvalue weighted by Crippen LogP contribution is -2.32. The van der Waals surface area contributed by atoms with E-state index in [4.69, 9.17) is 10.5 Å². The van der Waals surface area contributed by atoms with Crippen LogP contribution in [0.4, 0.5) is 0 Å². The highest BCUT2D eigenvalue weighted by Gasteiger charge is 2.44. The van der Waals surface area contributed by atoms with E-state index in [1.165, 1.54) is 17.7 Å². The van der Waals surface area contributed by atoms with Crippen LogP contribution in [0.2, 0.25) is 0 Å². The fourth-order valence-corrected chi connectivity index (χ4v) is 3.81. The molecule has 1 aromatic rings. The first kappa shape index (κ1) is 16.5. The number of nitrogens with zero attached hydrogens (tertiary/aromatic N) is 3. The van der Waals surface area contributed by atoms with Gasteiger partial charge in [0.15, 0.2) is 12.1 Å². The second-order valence-corrected chi connectivity index (χ2v) is 9.72. The Morgan fingerprint density at radius 1 is 1.62 bits per heavy atom. The molecule has 5 N–H and O–H groups in total. The summed E-state index contributed by atoms with van der Waals surface area (Å²) in [7, 11) is 0. The van der Waals surface area contributed by atoms with Gasteiger partial charge in [0.1, 0.15) is 18.5 Å². The lowest BCUT2D eigenvalue weighted by Gasteiger charge is -2.14. The molecule has 1 saturated heterocycles. The standard InChI is InChI=1S/C10H17N4O5PS/c1-5(11)9-12-4-14(13-9)10-8(16)7(15)6(19-10)3-21-20(2,17)18/h4,6-8,10,15-16H,1,3,11H2,2H3,(H,17,18)/t6-,7-,8-,10-/m1/s1. The molecule has 5 atom stereocenters. The Balaban J connectivity index is 2.08. The van der Waals surface area contributed by atoms with Gasteiger partial charge in [0.2, 0.25) is 0 Å². The van der Waals surface area contributed by atoms with E-state index in [0.717, 1.165) is 11.4 Å². The van der Waals surface area contributed by atoms with E-state index in [-0.39, 0.29) is 17.3 Å². The van der Waals surface area contributed by atoms with Gasteiger partial charge >= 0.3 is 0 Å². The van der Waals surface area contributed by atoms with E-state index < -0.39 is 31.1 Å². The van der Waals surface area contributed by atoms with Crippen molar-refractivity contribution in [2.45, 2.75) is 24.5 Å². The number of hydrogen-bond acceptors (Lipinski definition) is 8. The molecule has 1 aromatic heterocycles. The average molecular weight is 336 g/mol. The first-order valence-electron chi connectivity index (χ1n) is 6.01. The molecule has 2 rings (SSSR count). The fraction of sp³-hybridized carbons (Fsp3) is 0.600. The molecule has 9 nitrogen and oxygen atoms in total. The van der Waals surface area contributed by atoms with Crippen LogP contribution in [0.5, 0.6) is 0 Å². The summed E-state index contributed by atoms with van der Waals surface area (Å²) in [4.78, 5) is 13.1. The van der Waals surface area contributed by atoms with Gasteiger partial charge in [0.25, 0.3) is 6.57 Å². The van der Waals surface area contributed by atoms with E-state index in [1.807, 2.05) is 0 Å². The van der Waals surface area contributed by atoms with Crippen molar-refractivity contribution < 1.29 is 24.4 Å². The van der Waals surface area contributed by atoms with Crippen LogP contribution < -0.4 is 5.73 Å². The summed E-state index contributed by atoms with van der Waals surface area (Å²) >= 11 is 0.780. The van der Waals surface area contributed by atoms with Gasteiger partial charge in [0, 0.05) is 12.4 Å². The largest absolute Gasteiger partial charge is 0.396 e. The molecule has 11 heteroatoms. The Kier molecular flexibility index (Phi) is 4.76. The lowest BCUT2D eigenvalue weighted by molar-refractivity contribution is -0.0389. The van der Waals surface area contributed by atoms with Gasteiger partial charge < -0.3 is 25.6 Å². The highest BCUT2D eigenvalue weighted by molar-refractivity contribution is 8.56. The van der Waals surface area contributed by atoms with Crippen LogP contribution in [0, 0.1) is 0 Å². The van der Waals surface area contributed by atoms with E-state index in [9.17, 15) is 19.7 Å². The summed E-state index contributed by atoms with van der Waals surface area (Å²) in [5.41, 5.74) is 5.63. The van der Waals surface area contributed by atoms with Crippen LogP contribution in [-0.2, 0) is 9.30 Å². The third-order valence-electron chi connectivity index (χ3n) is 2.87. The number of nitrogens with two attached hydrogens (primary N) is 1. The number of aliphatic hydroxyl groups is 2. The van der Waals surface area contributed by atoms with Crippen molar-refractivity contribution in [2.75, 3.05) is 12.4 Å². The van der Waals surface area contributed by atoms with Crippen LogP contribution in [0.1, 0.15) is 12.1 Å². The molecule has 1 fully saturated rings. The van der Waals surface area contributed by atoms with Crippen molar-refractivity contribution in [3.63, 3.8) is 0 Å². The van der Waals surface area contributed by atoms with Crippen LogP contribution in [0.3, 0.4) is 0 Å². The Labute approximate surface area is 125 Å². The highest BCUT2D eigenvalue weighted by Crippen LogP contribution is 2.51. The Hall–Kier alpha value is -0.900. The van der Waals surface area contributed by atoms with Crippen LogP contribution >= 0.6 is 18.0 Å². The average Bonchev–Trinajstić information content (AvgIpc) is 2.94. The summed E-state index contributed by atoms with van der Waals surface area (Å²) in [6.07, 6.45) is -2.85. The Morgan fingerprint density at radius 3 is 2.81 bits per heavy atom. The number of ether oxygens (including phenoxy) is 1. The highest BCUT2D eigenvalue weighted by atomic mass is 32.7. The molecular formula is C10H17N4O5PS. The van der Waals surface area contributed by atoms with Gasteiger partial charge in [-0.1, -0.05) is 18.0 Å². The van der Waals surface area contributed by atoms with Gasteiger partial charge in [-0.2, -0.15) is 0 Å². The third kappa shape index (κ3) is 3.85. The second kappa shape index (κ2) is 6.07. The molecule has 0 spiro atoms. The van der Waals surface area contributed by atoms with E-state index in [0.29, 0.717) is 0 Å². The number of hydrogen-bond donors (Lipinski definition) is 4. The maximum atomic E-state index is 11.3. The van der Waals surface area contributed by atoms with E-state index in [2.05, 4.69) is 16.7 Å². The van der Waals surface area contributed by atoms with Gasteiger partial charge in [-0.05, 0) is 0 Å². The Bertz CT molecular complexity index is 576. The van der Waals surface area contributed by atoms with E-state index >= 15 is 0 Å². The zero-order chi connectivity index (χ0) is 15.8. The van der Waals surface area contributed by atoms with Crippen LogP contribution in [0.25, 0.3) is 5.70 Å². The second-order valence-electron chi connectivity index (χ2n) is 4.72. The summed E-state index contributed by atoms with van der Waals surface area (Å²) in [6, 6.07) is 0. The summed E-state index contributed by atoms with van der Waals surface area (Å²) in [5.74, 6) is 0.274. The van der Waals surface area contributed by atoms with Gasteiger partial charge in [0.05, 0.1) is 11.8 Å². The van der Waals surface area contributed by atoms with Gasteiger partial charge in [-0.25, -0.2) is 9.67 Å². The predicted molar refractivity (Wildman–Crippen MR) is 77.4 cm³/mol. The van der Waals surface area contributed by atoms with Crippen molar-refractivity contribution in [1.82, 2.24) is 14.8 Å². The molecule has 0 radical (unpaired) electrons. The third-order valence-corrected chi connectivity index (χ3v) is 5.71. The SMILES string of the molecule is C=C(N)c1ncn([C@@H]2O[C@H](CSP(C)(=O)O)[C@@H](O)[C@H]2O)n1. The minimum atomic E-state index is -3.28. The summed E-state index contributed by atoms with van der Waals surface area (Å²) < 4.78 is 18.0. The molecule has 2 heterocycles.